The second kappa shape index (κ2) is 4.56. The van der Waals surface area contributed by atoms with E-state index in [-0.39, 0.29) is 5.56 Å². The van der Waals surface area contributed by atoms with Crippen LogP contribution in [0.4, 0.5) is 5.82 Å². The van der Waals surface area contributed by atoms with Crippen molar-refractivity contribution in [3.8, 4) is 0 Å². The first-order valence-corrected chi connectivity index (χ1v) is 7.52. The third kappa shape index (κ3) is 2.24. The minimum Gasteiger partial charge on any atom is -0.478 e. The lowest BCUT2D eigenvalue weighted by Crippen LogP contribution is -2.48. The number of carboxylic acids is 1. The molecule has 0 radical (unpaired) electrons. The van der Waals surface area contributed by atoms with Crippen LogP contribution in [-0.4, -0.2) is 38.9 Å². The second-order valence-electron chi connectivity index (χ2n) is 6.50. The van der Waals surface area contributed by atoms with Crippen molar-refractivity contribution >= 4 is 11.8 Å². The highest BCUT2D eigenvalue weighted by molar-refractivity contribution is 5.86. The van der Waals surface area contributed by atoms with Crippen LogP contribution in [0.25, 0.3) is 0 Å². The van der Waals surface area contributed by atoms with Crippen LogP contribution in [-0.2, 0) is 6.54 Å². The zero-order chi connectivity index (χ0) is 15.3. The Morgan fingerprint density at radius 1 is 1.36 bits per heavy atom. The van der Waals surface area contributed by atoms with E-state index in [9.17, 15) is 4.79 Å². The highest BCUT2D eigenvalue weighted by Gasteiger charge is 2.52. The Kier molecular flexibility index (Phi) is 2.76. The molecular formula is C16H18N4O2. The first-order chi connectivity index (χ1) is 10.5. The molecule has 6 heteroatoms. The summed E-state index contributed by atoms with van der Waals surface area (Å²) in [5, 5.41) is 13.0. The molecular weight excluding hydrogens is 280 g/mol. The molecule has 114 valence electrons. The van der Waals surface area contributed by atoms with E-state index in [4.69, 9.17) is 10.1 Å². The molecule has 2 aromatic rings. The zero-order valence-corrected chi connectivity index (χ0v) is 12.5. The third-order valence-corrected chi connectivity index (χ3v) is 4.73. The van der Waals surface area contributed by atoms with E-state index in [1.165, 1.54) is 19.0 Å². The van der Waals surface area contributed by atoms with Crippen molar-refractivity contribution in [2.75, 3.05) is 18.0 Å². The van der Waals surface area contributed by atoms with Crippen molar-refractivity contribution in [3.05, 3.63) is 41.3 Å². The predicted octanol–water partition coefficient (Wildman–Crippen LogP) is 1.93. The number of aromatic carboxylic acids is 1. The fourth-order valence-electron chi connectivity index (χ4n) is 3.07. The van der Waals surface area contributed by atoms with Crippen LogP contribution in [0, 0.1) is 12.3 Å². The van der Waals surface area contributed by atoms with E-state index in [0.29, 0.717) is 12.0 Å². The standard InChI is InChI=1S/C16H18N4O2/c1-11-12(7-20-8-13(6-17-20)15(21)22)2-3-14(18-11)19-9-16(10-19)4-5-16/h2-3,6,8H,4-5,7,9-10H2,1H3,(H,21,22). The van der Waals surface area contributed by atoms with Crippen molar-refractivity contribution in [3.63, 3.8) is 0 Å². The molecule has 2 fully saturated rings. The summed E-state index contributed by atoms with van der Waals surface area (Å²) in [5.74, 6) is 0.0914. The van der Waals surface area contributed by atoms with Gasteiger partial charge in [-0.3, -0.25) is 4.68 Å². The normalized spacial score (nSPS) is 18.3. The van der Waals surface area contributed by atoms with Gasteiger partial charge in [0.05, 0.1) is 18.3 Å². The molecule has 1 saturated carbocycles. The third-order valence-electron chi connectivity index (χ3n) is 4.73. The molecule has 22 heavy (non-hydrogen) atoms. The topological polar surface area (TPSA) is 71.2 Å². The Hall–Kier alpha value is -2.37. The summed E-state index contributed by atoms with van der Waals surface area (Å²) in [5.41, 5.74) is 2.86. The number of aryl methyl sites for hydroxylation is 1. The van der Waals surface area contributed by atoms with Gasteiger partial charge in [0.2, 0.25) is 0 Å². The summed E-state index contributed by atoms with van der Waals surface area (Å²) in [6, 6.07) is 4.12. The van der Waals surface area contributed by atoms with Gasteiger partial charge in [-0.25, -0.2) is 9.78 Å². The van der Waals surface area contributed by atoms with Crippen molar-refractivity contribution in [1.29, 1.82) is 0 Å². The monoisotopic (exact) mass is 298 g/mol. The first kappa shape index (κ1) is 13.3. The predicted molar refractivity (Wildman–Crippen MR) is 81.1 cm³/mol. The summed E-state index contributed by atoms with van der Waals surface area (Å²) in [4.78, 5) is 17.9. The van der Waals surface area contributed by atoms with Crippen molar-refractivity contribution in [1.82, 2.24) is 14.8 Å². The Morgan fingerprint density at radius 3 is 2.73 bits per heavy atom. The summed E-state index contributed by atoms with van der Waals surface area (Å²) in [6.07, 6.45) is 5.65. The molecule has 6 nitrogen and oxygen atoms in total. The lowest BCUT2D eigenvalue weighted by atomic mass is 9.97. The second-order valence-corrected chi connectivity index (χ2v) is 6.50. The van der Waals surface area contributed by atoms with Gasteiger partial charge in [-0.1, -0.05) is 6.07 Å². The summed E-state index contributed by atoms with van der Waals surface area (Å²) < 4.78 is 1.63. The van der Waals surface area contributed by atoms with Gasteiger partial charge in [-0.2, -0.15) is 5.10 Å². The van der Waals surface area contributed by atoms with Crippen LogP contribution in [0.3, 0.4) is 0 Å². The van der Waals surface area contributed by atoms with E-state index in [1.807, 2.05) is 6.92 Å². The fraction of sp³-hybridized carbons (Fsp3) is 0.438. The number of hydrogen-bond acceptors (Lipinski definition) is 4. The number of carboxylic acid groups (broad SMARTS) is 1. The number of aromatic nitrogens is 3. The maximum Gasteiger partial charge on any atom is 0.338 e. The summed E-state index contributed by atoms with van der Waals surface area (Å²) in [7, 11) is 0. The number of anilines is 1. The minimum absolute atomic E-state index is 0.206. The van der Waals surface area contributed by atoms with Gasteiger partial charge in [-0.05, 0) is 31.4 Å². The highest BCUT2D eigenvalue weighted by atomic mass is 16.4. The lowest BCUT2D eigenvalue weighted by molar-refractivity contribution is 0.0697. The van der Waals surface area contributed by atoms with Crippen LogP contribution >= 0.6 is 0 Å². The van der Waals surface area contributed by atoms with Gasteiger partial charge in [-0.15, -0.1) is 0 Å². The number of hydrogen-bond donors (Lipinski definition) is 1. The molecule has 0 unspecified atom stereocenters. The van der Waals surface area contributed by atoms with E-state index in [1.54, 1.807) is 10.9 Å². The van der Waals surface area contributed by atoms with Crippen LogP contribution < -0.4 is 4.90 Å². The molecule has 1 aliphatic heterocycles. The molecule has 1 N–H and O–H groups in total. The van der Waals surface area contributed by atoms with Crippen molar-refractivity contribution in [2.24, 2.45) is 5.41 Å². The molecule has 0 bridgehead atoms. The van der Waals surface area contributed by atoms with Crippen LogP contribution in [0.15, 0.2) is 24.5 Å². The maximum absolute atomic E-state index is 10.9. The van der Waals surface area contributed by atoms with Gasteiger partial charge < -0.3 is 10.0 Å². The van der Waals surface area contributed by atoms with Gasteiger partial charge in [0, 0.05) is 30.4 Å². The number of pyridine rings is 1. The number of carbonyl (C=O) groups is 1. The molecule has 2 aliphatic rings. The lowest BCUT2D eigenvalue weighted by Gasteiger charge is -2.41. The van der Waals surface area contributed by atoms with E-state index in [2.05, 4.69) is 22.1 Å². The smallest absolute Gasteiger partial charge is 0.338 e. The van der Waals surface area contributed by atoms with Crippen LogP contribution in [0.1, 0.15) is 34.5 Å². The Labute approximate surface area is 128 Å². The SMILES string of the molecule is Cc1nc(N2CC3(CC3)C2)ccc1Cn1cc(C(=O)O)cn1. The first-order valence-electron chi connectivity index (χ1n) is 7.52. The molecule has 0 amide bonds. The number of nitrogens with zero attached hydrogens (tertiary/aromatic N) is 4. The van der Waals surface area contributed by atoms with E-state index in [0.717, 1.165) is 30.2 Å². The van der Waals surface area contributed by atoms with Crippen LogP contribution in [0.2, 0.25) is 0 Å². The largest absolute Gasteiger partial charge is 0.478 e. The molecule has 0 atom stereocenters. The molecule has 3 heterocycles. The van der Waals surface area contributed by atoms with E-state index < -0.39 is 5.97 Å². The molecule has 1 spiro atoms. The fourth-order valence-corrected chi connectivity index (χ4v) is 3.07. The molecule has 2 aromatic heterocycles. The van der Waals surface area contributed by atoms with Crippen LogP contribution in [0.5, 0.6) is 0 Å². The molecule has 1 aliphatic carbocycles. The van der Waals surface area contributed by atoms with E-state index >= 15 is 0 Å². The Bertz CT molecular complexity index is 740. The Morgan fingerprint density at radius 2 is 2.14 bits per heavy atom. The summed E-state index contributed by atoms with van der Waals surface area (Å²) >= 11 is 0. The quantitative estimate of drug-likeness (QED) is 0.934. The van der Waals surface area contributed by atoms with Crippen molar-refractivity contribution in [2.45, 2.75) is 26.3 Å². The average molecular weight is 298 g/mol. The molecule has 0 aromatic carbocycles. The van der Waals surface area contributed by atoms with Gasteiger partial charge >= 0.3 is 5.97 Å². The van der Waals surface area contributed by atoms with Gasteiger partial charge in [0.1, 0.15) is 5.82 Å². The van der Waals surface area contributed by atoms with Gasteiger partial charge in [0.15, 0.2) is 0 Å². The number of rotatable bonds is 4. The highest BCUT2D eigenvalue weighted by Crippen LogP contribution is 2.53. The minimum atomic E-state index is -0.955. The summed E-state index contributed by atoms with van der Waals surface area (Å²) in [6.45, 7) is 4.81. The van der Waals surface area contributed by atoms with Gasteiger partial charge in [0.25, 0.3) is 0 Å². The molecule has 4 rings (SSSR count). The van der Waals surface area contributed by atoms with Crippen molar-refractivity contribution < 1.29 is 9.90 Å². The average Bonchev–Trinajstić information content (AvgIpc) is 3.11. The maximum atomic E-state index is 10.9. The Balaban J connectivity index is 1.48. The molecule has 1 saturated heterocycles. The zero-order valence-electron chi connectivity index (χ0n) is 12.5.